The van der Waals surface area contributed by atoms with Gasteiger partial charge in [-0.25, -0.2) is 0 Å². The highest BCUT2D eigenvalue weighted by Crippen LogP contribution is 2.23. The fourth-order valence-electron chi connectivity index (χ4n) is 2.77. The van der Waals surface area contributed by atoms with Crippen LogP contribution < -0.4 is 11.1 Å². The van der Waals surface area contributed by atoms with Crippen molar-refractivity contribution in [3.05, 3.63) is 0 Å². The summed E-state index contributed by atoms with van der Waals surface area (Å²) in [6.45, 7) is 1.83. The first kappa shape index (κ1) is 13.3. The third kappa shape index (κ3) is 3.45. The van der Waals surface area contributed by atoms with E-state index in [0.717, 1.165) is 51.6 Å². The van der Waals surface area contributed by atoms with Gasteiger partial charge in [-0.2, -0.15) is 0 Å². The van der Waals surface area contributed by atoms with Crippen molar-refractivity contribution in [1.82, 2.24) is 10.2 Å². The minimum absolute atomic E-state index is 0.0226. The molecular weight excluding hydrogens is 230 g/mol. The van der Waals surface area contributed by atoms with Crippen LogP contribution in [0.3, 0.4) is 0 Å². The van der Waals surface area contributed by atoms with Crippen molar-refractivity contribution >= 4 is 11.8 Å². The highest BCUT2D eigenvalue weighted by Gasteiger charge is 2.25. The molecule has 0 radical (unpaired) electrons. The van der Waals surface area contributed by atoms with Crippen LogP contribution in [0.15, 0.2) is 0 Å². The molecule has 0 atom stereocenters. The number of nitrogens with zero attached hydrogens (tertiary/aromatic N) is 1. The van der Waals surface area contributed by atoms with Gasteiger partial charge in [0.25, 0.3) is 0 Å². The van der Waals surface area contributed by atoms with Gasteiger partial charge in [-0.1, -0.05) is 0 Å². The lowest BCUT2D eigenvalue weighted by Crippen LogP contribution is -2.42. The van der Waals surface area contributed by atoms with Crippen LogP contribution in [0.5, 0.6) is 0 Å². The predicted molar refractivity (Wildman–Crippen MR) is 68.8 cm³/mol. The van der Waals surface area contributed by atoms with Crippen LogP contribution in [-0.2, 0) is 9.59 Å². The number of hydrogen-bond acceptors (Lipinski definition) is 3. The van der Waals surface area contributed by atoms with Gasteiger partial charge in [-0.3, -0.25) is 9.59 Å². The number of carbonyl (C=O) groups excluding carboxylic acids is 2. The lowest BCUT2D eigenvalue weighted by atomic mass is 9.86. The van der Waals surface area contributed by atoms with E-state index in [0.29, 0.717) is 0 Å². The SMILES string of the molecule is NC1CCC(C(=O)NCC(=O)N2CCCC2)CC1. The van der Waals surface area contributed by atoms with Gasteiger partial charge in [-0.05, 0) is 38.5 Å². The highest BCUT2D eigenvalue weighted by atomic mass is 16.2. The second kappa shape index (κ2) is 6.18. The van der Waals surface area contributed by atoms with Crippen molar-refractivity contribution in [3.8, 4) is 0 Å². The average Bonchev–Trinajstić information content (AvgIpc) is 2.90. The number of likely N-dealkylation sites (tertiary alicyclic amines) is 1. The minimum Gasteiger partial charge on any atom is -0.347 e. The van der Waals surface area contributed by atoms with Gasteiger partial charge in [0.15, 0.2) is 0 Å². The zero-order chi connectivity index (χ0) is 13.0. The van der Waals surface area contributed by atoms with Crippen LogP contribution >= 0.6 is 0 Å². The Labute approximate surface area is 108 Å². The Kier molecular flexibility index (Phi) is 4.58. The van der Waals surface area contributed by atoms with Gasteiger partial charge in [0.2, 0.25) is 11.8 Å². The molecule has 0 bridgehead atoms. The maximum Gasteiger partial charge on any atom is 0.241 e. The molecule has 2 amide bonds. The van der Waals surface area contributed by atoms with Gasteiger partial charge in [-0.15, -0.1) is 0 Å². The molecule has 2 fully saturated rings. The van der Waals surface area contributed by atoms with E-state index in [9.17, 15) is 9.59 Å². The second-order valence-electron chi connectivity index (χ2n) is 5.42. The Morgan fingerprint density at radius 2 is 1.72 bits per heavy atom. The molecule has 5 heteroatoms. The minimum atomic E-state index is 0.0226. The van der Waals surface area contributed by atoms with E-state index in [-0.39, 0.29) is 30.3 Å². The molecule has 102 valence electrons. The second-order valence-corrected chi connectivity index (χ2v) is 5.42. The summed E-state index contributed by atoms with van der Waals surface area (Å²) in [6.07, 6.45) is 5.70. The third-order valence-corrected chi connectivity index (χ3v) is 4.02. The molecule has 0 spiro atoms. The predicted octanol–water partition coefficient (Wildman–Crippen LogP) is 0.242. The largest absolute Gasteiger partial charge is 0.347 e. The maximum absolute atomic E-state index is 11.9. The number of hydrogen-bond donors (Lipinski definition) is 2. The quantitative estimate of drug-likeness (QED) is 0.756. The molecule has 1 aliphatic heterocycles. The van der Waals surface area contributed by atoms with Crippen LogP contribution in [0.2, 0.25) is 0 Å². The topological polar surface area (TPSA) is 75.4 Å². The fraction of sp³-hybridized carbons (Fsp3) is 0.846. The van der Waals surface area contributed by atoms with Crippen LogP contribution in [-0.4, -0.2) is 42.4 Å². The molecule has 0 aromatic heterocycles. The smallest absolute Gasteiger partial charge is 0.241 e. The van der Waals surface area contributed by atoms with E-state index in [1.807, 2.05) is 4.90 Å². The summed E-state index contributed by atoms with van der Waals surface area (Å²) in [7, 11) is 0. The molecule has 0 aromatic carbocycles. The van der Waals surface area contributed by atoms with Gasteiger partial charge in [0.1, 0.15) is 0 Å². The zero-order valence-corrected chi connectivity index (χ0v) is 10.9. The van der Waals surface area contributed by atoms with Crippen molar-refractivity contribution in [3.63, 3.8) is 0 Å². The van der Waals surface area contributed by atoms with E-state index < -0.39 is 0 Å². The van der Waals surface area contributed by atoms with Gasteiger partial charge in [0.05, 0.1) is 6.54 Å². The lowest BCUT2D eigenvalue weighted by Gasteiger charge is -2.25. The zero-order valence-electron chi connectivity index (χ0n) is 10.9. The van der Waals surface area contributed by atoms with Crippen LogP contribution in [0.1, 0.15) is 38.5 Å². The molecule has 18 heavy (non-hydrogen) atoms. The van der Waals surface area contributed by atoms with Crippen molar-refractivity contribution < 1.29 is 9.59 Å². The Morgan fingerprint density at radius 3 is 2.33 bits per heavy atom. The van der Waals surface area contributed by atoms with Crippen molar-refractivity contribution in [2.24, 2.45) is 11.7 Å². The summed E-state index contributed by atoms with van der Waals surface area (Å²) in [5.74, 6) is 0.124. The van der Waals surface area contributed by atoms with Crippen LogP contribution in [0.4, 0.5) is 0 Å². The summed E-state index contributed by atoms with van der Waals surface area (Å²) >= 11 is 0. The number of nitrogens with two attached hydrogens (primary N) is 1. The number of rotatable bonds is 3. The number of amides is 2. The molecule has 1 saturated carbocycles. The molecule has 0 aromatic rings. The summed E-state index contributed by atoms with van der Waals surface area (Å²) in [4.78, 5) is 25.5. The Hall–Kier alpha value is -1.10. The molecule has 2 aliphatic rings. The molecule has 3 N–H and O–H groups in total. The summed E-state index contributed by atoms with van der Waals surface area (Å²) in [5.41, 5.74) is 5.81. The highest BCUT2D eigenvalue weighted by molar-refractivity contribution is 5.86. The molecule has 0 unspecified atom stereocenters. The number of carbonyl (C=O) groups is 2. The summed E-state index contributed by atoms with van der Waals surface area (Å²) in [5, 5.41) is 2.77. The maximum atomic E-state index is 11.9. The van der Waals surface area contributed by atoms with E-state index in [1.165, 1.54) is 0 Å². The first-order valence-electron chi connectivity index (χ1n) is 6.98. The molecular formula is C13H23N3O2. The summed E-state index contributed by atoms with van der Waals surface area (Å²) in [6, 6.07) is 0.250. The van der Waals surface area contributed by atoms with E-state index in [4.69, 9.17) is 5.73 Å². The van der Waals surface area contributed by atoms with Gasteiger partial charge >= 0.3 is 0 Å². The van der Waals surface area contributed by atoms with Crippen molar-refractivity contribution in [2.75, 3.05) is 19.6 Å². The molecule has 1 aliphatic carbocycles. The van der Waals surface area contributed by atoms with E-state index in [2.05, 4.69) is 5.32 Å². The van der Waals surface area contributed by atoms with Crippen molar-refractivity contribution in [1.29, 1.82) is 0 Å². The van der Waals surface area contributed by atoms with E-state index >= 15 is 0 Å². The summed E-state index contributed by atoms with van der Waals surface area (Å²) < 4.78 is 0. The van der Waals surface area contributed by atoms with Crippen molar-refractivity contribution in [2.45, 2.75) is 44.6 Å². The Morgan fingerprint density at radius 1 is 1.11 bits per heavy atom. The molecule has 2 rings (SSSR count). The first-order valence-corrected chi connectivity index (χ1v) is 6.98. The fourth-order valence-corrected chi connectivity index (χ4v) is 2.77. The van der Waals surface area contributed by atoms with Crippen LogP contribution in [0, 0.1) is 5.92 Å². The lowest BCUT2D eigenvalue weighted by molar-refractivity contribution is -0.133. The third-order valence-electron chi connectivity index (χ3n) is 4.02. The molecule has 1 heterocycles. The number of nitrogens with one attached hydrogen (secondary N) is 1. The van der Waals surface area contributed by atoms with Gasteiger partial charge in [0, 0.05) is 25.0 Å². The Bertz CT molecular complexity index is 305. The van der Waals surface area contributed by atoms with E-state index in [1.54, 1.807) is 0 Å². The van der Waals surface area contributed by atoms with Gasteiger partial charge < -0.3 is 16.0 Å². The monoisotopic (exact) mass is 253 g/mol. The standard InChI is InChI=1S/C13H23N3O2/c14-11-5-3-10(4-6-11)13(18)15-9-12(17)16-7-1-2-8-16/h10-11H,1-9,14H2,(H,15,18). The normalized spacial score (nSPS) is 28.2. The average molecular weight is 253 g/mol. The first-order chi connectivity index (χ1) is 8.66. The molecule has 1 saturated heterocycles. The Balaban J connectivity index is 1.69. The molecule has 5 nitrogen and oxygen atoms in total. The van der Waals surface area contributed by atoms with Crippen LogP contribution in [0.25, 0.3) is 0 Å².